The molecule has 0 radical (unpaired) electrons. The second-order valence-electron chi connectivity index (χ2n) is 5.97. The predicted molar refractivity (Wildman–Crippen MR) is 81.9 cm³/mol. The largest absolute Gasteiger partial charge is 0.385 e. The number of aromatic amines is 1. The minimum atomic E-state index is -0.997. The van der Waals surface area contributed by atoms with Gasteiger partial charge in [-0.05, 0) is 25.3 Å². The van der Waals surface area contributed by atoms with Gasteiger partial charge in [0.05, 0.1) is 5.71 Å². The first-order chi connectivity index (χ1) is 10.6. The van der Waals surface area contributed by atoms with Gasteiger partial charge in [0.2, 0.25) is 0 Å². The molecule has 2 N–H and O–H groups in total. The number of carbonyl (C=O) groups is 1. The van der Waals surface area contributed by atoms with Gasteiger partial charge in [-0.3, -0.25) is 9.79 Å². The van der Waals surface area contributed by atoms with Gasteiger partial charge in [-0.15, -0.1) is 0 Å². The number of hydrogen-bond acceptors (Lipinski definition) is 4. The molecule has 0 amide bonds. The number of carbonyl (C=O) groups excluding carboxylic acids is 1. The van der Waals surface area contributed by atoms with Crippen molar-refractivity contribution < 1.29 is 9.90 Å². The Morgan fingerprint density at radius 1 is 1.27 bits per heavy atom. The molecule has 0 spiro atoms. The van der Waals surface area contributed by atoms with E-state index in [1.165, 1.54) is 0 Å². The van der Waals surface area contributed by atoms with E-state index < -0.39 is 12.1 Å². The summed E-state index contributed by atoms with van der Waals surface area (Å²) in [6, 6.07) is 8.78. The van der Waals surface area contributed by atoms with Crippen molar-refractivity contribution in [2.75, 3.05) is 0 Å². The number of hydrogen-bond donors (Lipinski definition) is 2. The number of aliphatic imine (C=N–C) groups is 1. The van der Waals surface area contributed by atoms with Gasteiger partial charge in [0, 0.05) is 11.6 Å². The quantitative estimate of drug-likeness (QED) is 0.841. The summed E-state index contributed by atoms with van der Waals surface area (Å²) in [5.74, 6) is 0.398. The fourth-order valence-electron chi connectivity index (χ4n) is 3.45. The molecule has 3 atom stereocenters. The van der Waals surface area contributed by atoms with Gasteiger partial charge >= 0.3 is 0 Å². The molecule has 4 rings (SSSR count). The van der Waals surface area contributed by atoms with Gasteiger partial charge in [0.25, 0.3) is 0 Å². The first-order valence-corrected chi connectivity index (χ1v) is 7.55. The van der Waals surface area contributed by atoms with Gasteiger partial charge in [-0.2, -0.15) is 0 Å². The van der Waals surface area contributed by atoms with Crippen LogP contribution in [0.3, 0.4) is 0 Å². The van der Waals surface area contributed by atoms with Crippen LogP contribution in [-0.4, -0.2) is 32.7 Å². The van der Waals surface area contributed by atoms with Crippen molar-refractivity contribution in [2.45, 2.75) is 31.9 Å². The van der Waals surface area contributed by atoms with Crippen LogP contribution in [0.5, 0.6) is 0 Å². The fourth-order valence-corrected chi connectivity index (χ4v) is 3.45. The molecular formula is C17H17N3O2. The highest BCUT2D eigenvalue weighted by Crippen LogP contribution is 2.36. The lowest BCUT2D eigenvalue weighted by Crippen LogP contribution is -2.44. The first-order valence-electron chi connectivity index (χ1n) is 7.55. The zero-order valence-corrected chi connectivity index (χ0v) is 12.3. The number of benzene rings is 1. The Bertz CT molecular complexity index is 763. The lowest BCUT2D eigenvalue weighted by atomic mass is 9.78. The molecule has 22 heavy (non-hydrogen) atoms. The van der Waals surface area contributed by atoms with Crippen LogP contribution in [0.25, 0.3) is 0 Å². The van der Waals surface area contributed by atoms with E-state index in [0.717, 1.165) is 41.3 Å². The van der Waals surface area contributed by atoms with Crippen molar-refractivity contribution >= 4 is 11.5 Å². The van der Waals surface area contributed by atoms with Crippen molar-refractivity contribution in [1.82, 2.24) is 9.97 Å². The van der Waals surface area contributed by atoms with Crippen LogP contribution in [0.15, 0.2) is 35.3 Å². The number of aliphatic hydroxyl groups is 1. The van der Waals surface area contributed by atoms with Gasteiger partial charge in [-0.1, -0.05) is 30.3 Å². The Morgan fingerprint density at radius 2 is 2.05 bits per heavy atom. The zero-order chi connectivity index (χ0) is 15.3. The molecule has 1 aromatic heterocycles. The monoisotopic (exact) mass is 295 g/mol. The van der Waals surface area contributed by atoms with Crippen molar-refractivity contribution in [3.8, 4) is 0 Å². The van der Waals surface area contributed by atoms with E-state index in [2.05, 4.69) is 15.0 Å². The average Bonchev–Trinajstić information content (AvgIpc) is 2.92. The molecule has 5 nitrogen and oxygen atoms in total. The minimum absolute atomic E-state index is 0.212. The Morgan fingerprint density at radius 3 is 2.82 bits per heavy atom. The predicted octanol–water partition coefficient (Wildman–Crippen LogP) is 1.75. The highest BCUT2D eigenvalue weighted by atomic mass is 16.3. The van der Waals surface area contributed by atoms with Gasteiger partial charge < -0.3 is 10.1 Å². The third kappa shape index (κ3) is 1.93. The van der Waals surface area contributed by atoms with Crippen LogP contribution in [0, 0.1) is 12.8 Å². The number of imidazole rings is 1. The maximum Gasteiger partial charge on any atom is 0.190 e. The van der Waals surface area contributed by atoms with Crippen molar-refractivity contribution in [3.63, 3.8) is 0 Å². The number of aryl methyl sites for hydroxylation is 2. The van der Waals surface area contributed by atoms with Crippen molar-refractivity contribution in [3.05, 3.63) is 53.1 Å². The number of fused-ring (bicyclic) bond motifs is 3. The second kappa shape index (κ2) is 4.88. The molecule has 112 valence electrons. The molecule has 1 aliphatic heterocycles. The molecule has 0 bridgehead atoms. The lowest BCUT2D eigenvalue weighted by Gasteiger charge is -2.33. The van der Waals surface area contributed by atoms with E-state index in [1.54, 1.807) is 0 Å². The number of nitrogens with zero attached hydrogens (tertiary/aromatic N) is 2. The van der Waals surface area contributed by atoms with Crippen LogP contribution < -0.4 is 0 Å². The molecule has 1 aliphatic carbocycles. The normalized spacial score (nSPS) is 27.1. The number of rotatable bonds is 1. The van der Waals surface area contributed by atoms with Crippen molar-refractivity contribution in [2.24, 2.45) is 10.9 Å². The Labute approximate surface area is 128 Å². The topological polar surface area (TPSA) is 78.3 Å². The first kappa shape index (κ1) is 13.4. The highest BCUT2D eigenvalue weighted by Gasteiger charge is 2.43. The molecule has 2 aliphatic rings. The summed E-state index contributed by atoms with van der Waals surface area (Å²) < 4.78 is 0. The number of nitrogens with one attached hydrogen (secondary N) is 1. The summed E-state index contributed by atoms with van der Waals surface area (Å²) in [5, 5.41) is 10.5. The zero-order valence-electron chi connectivity index (χ0n) is 12.3. The van der Waals surface area contributed by atoms with Crippen LogP contribution in [0.2, 0.25) is 0 Å². The molecule has 0 saturated heterocycles. The van der Waals surface area contributed by atoms with E-state index in [9.17, 15) is 9.90 Å². The fraction of sp³-hybridized carbons (Fsp3) is 0.353. The molecule has 0 saturated carbocycles. The van der Waals surface area contributed by atoms with Crippen molar-refractivity contribution in [1.29, 1.82) is 0 Å². The molecule has 0 fully saturated rings. The molecule has 2 unspecified atom stereocenters. The van der Waals surface area contributed by atoms with Gasteiger partial charge in [-0.25, -0.2) is 4.98 Å². The second-order valence-corrected chi connectivity index (χ2v) is 5.97. The summed E-state index contributed by atoms with van der Waals surface area (Å²) in [4.78, 5) is 25.0. The number of ketones is 1. The Kier molecular flexibility index (Phi) is 2.97. The van der Waals surface area contributed by atoms with Crippen LogP contribution >= 0.6 is 0 Å². The van der Waals surface area contributed by atoms with E-state index in [1.807, 2.05) is 37.3 Å². The van der Waals surface area contributed by atoms with Crippen LogP contribution in [0.4, 0.5) is 0 Å². The molecule has 5 heteroatoms. The maximum absolute atomic E-state index is 12.5. The number of H-pyrrole nitrogens is 1. The maximum atomic E-state index is 12.5. The Balaban J connectivity index is 1.85. The van der Waals surface area contributed by atoms with Crippen LogP contribution in [0.1, 0.15) is 35.2 Å². The van der Waals surface area contributed by atoms with E-state index in [-0.39, 0.29) is 11.7 Å². The summed E-state index contributed by atoms with van der Waals surface area (Å²) in [7, 11) is 0. The van der Waals surface area contributed by atoms with Gasteiger partial charge in [0.15, 0.2) is 5.78 Å². The SMILES string of the molecule is Cc1nc2c([nH]1)CCC1C2=N[C@H](c2ccccc2)C(=O)C1O. The van der Waals surface area contributed by atoms with Gasteiger partial charge in [0.1, 0.15) is 23.7 Å². The summed E-state index contributed by atoms with van der Waals surface area (Å²) in [6.07, 6.45) is 0.519. The molecule has 2 heterocycles. The third-order valence-corrected chi connectivity index (χ3v) is 4.52. The number of Topliss-reactive ketones (excluding diaryl/α,β-unsaturated/α-hetero) is 1. The number of aromatic nitrogens is 2. The summed E-state index contributed by atoms with van der Waals surface area (Å²) in [5.41, 5.74) is 3.46. The molecule has 2 aromatic rings. The average molecular weight is 295 g/mol. The molecular weight excluding hydrogens is 278 g/mol. The van der Waals surface area contributed by atoms with E-state index in [0.29, 0.717) is 0 Å². The smallest absolute Gasteiger partial charge is 0.190 e. The van der Waals surface area contributed by atoms with Crippen LogP contribution in [-0.2, 0) is 11.2 Å². The Hall–Kier alpha value is -2.27. The van der Waals surface area contributed by atoms with E-state index in [4.69, 9.17) is 0 Å². The standard InChI is InChI=1S/C17H17N3O2/c1-9-18-12-8-7-11-14(15(12)19-9)20-13(17(22)16(11)21)10-5-3-2-4-6-10/h2-6,11,13,16,21H,7-8H2,1H3,(H,18,19)/t11?,13-,16?/m1/s1. The lowest BCUT2D eigenvalue weighted by molar-refractivity contribution is -0.130. The summed E-state index contributed by atoms with van der Waals surface area (Å²) in [6.45, 7) is 1.91. The van der Waals surface area contributed by atoms with E-state index >= 15 is 0 Å². The minimum Gasteiger partial charge on any atom is -0.385 e. The summed E-state index contributed by atoms with van der Waals surface area (Å²) >= 11 is 0. The number of aliphatic hydroxyl groups excluding tert-OH is 1. The third-order valence-electron chi connectivity index (χ3n) is 4.52. The molecule has 1 aromatic carbocycles. The highest BCUT2D eigenvalue weighted by molar-refractivity contribution is 6.10.